The number of aliphatic hydroxyl groups excluding tert-OH is 1. The molecule has 1 atom stereocenters. The van der Waals surface area contributed by atoms with Crippen LogP contribution in [0.15, 0.2) is 24.3 Å². The molecule has 0 heterocycles. The van der Waals surface area contributed by atoms with Crippen LogP contribution in [0.4, 0.5) is 0 Å². The second kappa shape index (κ2) is 6.06. The first-order valence-corrected chi connectivity index (χ1v) is 6.79. The zero-order valence-corrected chi connectivity index (χ0v) is 11.5. The third-order valence-electron chi connectivity index (χ3n) is 3.50. The number of hydrogen-bond donors (Lipinski definition) is 1. The second-order valence-electron chi connectivity index (χ2n) is 4.99. The van der Waals surface area contributed by atoms with Crippen molar-refractivity contribution in [2.45, 2.75) is 38.3 Å². The number of aliphatic hydroxyl groups is 1. The molecule has 2 rings (SSSR count). The molecule has 1 N–H and O–H groups in total. The quantitative estimate of drug-likeness (QED) is 0.855. The van der Waals surface area contributed by atoms with Crippen molar-refractivity contribution in [1.82, 2.24) is 4.90 Å². The lowest BCUT2D eigenvalue weighted by atomic mass is 10.1. The van der Waals surface area contributed by atoms with Gasteiger partial charge in [0.05, 0.1) is 6.10 Å². The Balaban J connectivity index is 1.96. The van der Waals surface area contributed by atoms with Gasteiger partial charge < -0.3 is 14.7 Å². The molecule has 1 aliphatic carbocycles. The van der Waals surface area contributed by atoms with Crippen LogP contribution >= 0.6 is 0 Å². The van der Waals surface area contributed by atoms with Gasteiger partial charge in [-0.25, -0.2) is 0 Å². The fraction of sp³-hybridized carbons (Fsp3) is 0.533. The summed E-state index contributed by atoms with van der Waals surface area (Å²) in [6.45, 7) is 1.94. The zero-order chi connectivity index (χ0) is 13.8. The van der Waals surface area contributed by atoms with Gasteiger partial charge in [-0.1, -0.05) is 25.1 Å². The summed E-state index contributed by atoms with van der Waals surface area (Å²) in [7, 11) is 1.82. The topological polar surface area (TPSA) is 49.8 Å². The van der Waals surface area contributed by atoms with Gasteiger partial charge in [0, 0.05) is 18.7 Å². The van der Waals surface area contributed by atoms with Gasteiger partial charge in [0.15, 0.2) is 6.61 Å². The second-order valence-corrected chi connectivity index (χ2v) is 4.99. The van der Waals surface area contributed by atoms with E-state index in [1.165, 1.54) is 0 Å². The molecule has 0 spiro atoms. The molecule has 1 aromatic carbocycles. The summed E-state index contributed by atoms with van der Waals surface area (Å²) in [6, 6.07) is 7.72. The Morgan fingerprint density at radius 3 is 2.79 bits per heavy atom. The predicted octanol–water partition coefficient (Wildman–Crippen LogP) is 2.13. The molecule has 1 fully saturated rings. The number of likely N-dealkylation sites (N-methyl/N-ethyl adjacent to an activating group) is 1. The van der Waals surface area contributed by atoms with Crippen LogP contribution in [0, 0.1) is 0 Å². The fourth-order valence-corrected chi connectivity index (χ4v) is 2.01. The highest BCUT2D eigenvalue weighted by atomic mass is 16.5. The van der Waals surface area contributed by atoms with Gasteiger partial charge in [0.25, 0.3) is 5.91 Å². The molecule has 104 valence electrons. The van der Waals surface area contributed by atoms with Gasteiger partial charge in [0.1, 0.15) is 5.75 Å². The Bertz CT molecular complexity index is 443. The average molecular weight is 263 g/mol. The largest absolute Gasteiger partial charge is 0.483 e. The summed E-state index contributed by atoms with van der Waals surface area (Å²) in [4.78, 5) is 13.6. The normalized spacial score (nSPS) is 15.9. The Kier molecular flexibility index (Phi) is 4.43. The molecule has 1 aliphatic rings. The number of amides is 1. The van der Waals surface area contributed by atoms with E-state index >= 15 is 0 Å². The van der Waals surface area contributed by atoms with Crippen LogP contribution in [0.5, 0.6) is 5.75 Å². The summed E-state index contributed by atoms with van der Waals surface area (Å²) >= 11 is 0. The lowest BCUT2D eigenvalue weighted by Crippen LogP contribution is -2.33. The van der Waals surface area contributed by atoms with E-state index in [0.717, 1.165) is 18.4 Å². The zero-order valence-electron chi connectivity index (χ0n) is 11.5. The van der Waals surface area contributed by atoms with Crippen LogP contribution < -0.4 is 4.74 Å². The highest BCUT2D eigenvalue weighted by molar-refractivity contribution is 5.78. The number of carbonyl (C=O) groups is 1. The number of rotatable bonds is 6. The van der Waals surface area contributed by atoms with Gasteiger partial charge in [-0.3, -0.25) is 4.79 Å². The molecule has 0 aromatic heterocycles. The highest BCUT2D eigenvalue weighted by Gasteiger charge is 2.29. The monoisotopic (exact) mass is 263 g/mol. The molecular weight excluding hydrogens is 242 g/mol. The molecule has 0 unspecified atom stereocenters. The summed E-state index contributed by atoms with van der Waals surface area (Å²) < 4.78 is 5.57. The van der Waals surface area contributed by atoms with E-state index in [-0.39, 0.29) is 12.5 Å². The maximum Gasteiger partial charge on any atom is 0.260 e. The minimum Gasteiger partial charge on any atom is -0.483 e. The van der Waals surface area contributed by atoms with Crippen molar-refractivity contribution in [3.8, 4) is 5.75 Å². The first kappa shape index (κ1) is 13.9. The van der Waals surface area contributed by atoms with Crippen LogP contribution in [-0.4, -0.2) is 35.6 Å². The minimum atomic E-state index is -0.549. The van der Waals surface area contributed by atoms with Crippen molar-refractivity contribution < 1.29 is 14.6 Å². The Labute approximate surface area is 114 Å². The Morgan fingerprint density at radius 1 is 1.47 bits per heavy atom. The summed E-state index contributed by atoms with van der Waals surface area (Å²) in [5, 5.41) is 9.91. The van der Waals surface area contributed by atoms with E-state index < -0.39 is 6.10 Å². The SMILES string of the molecule is CC[C@H](O)c1ccccc1OCC(=O)N(C)C1CC1. The molecule has 4 heteroatoms. The number of benzene rings is 1. The molecule has 19 heavy (non-hydrogen) atoms. The molecular formula is C15H21NO3. The lowest BCUT2D eigenvalue weighted by Gasteiger charge is -2.18. The smallest absolute Gasteiger partial charge is 0.260 e. The van der Waals surface area contributed by atoms with Crippen molar-refractivity contribution in [2.24, 2.45) is 0 Å². The molecule has 0 saturated heterocycles. The molecule has 0 radical (unpaired) electrons. The standard InChI is InChI=1S/C15H21NO3/c1-3-13(17)12-6-4-5-7-14(12)19-10-15(18)16(2)11-8-9-11/h4-7,11,13,17H,3,8-10H2,1-2H3/t13-/m0/s1. The van der Waals surface area contributed by atoms with E-state index in [4.69, 9.17) is 4.74 Å². The molecule has 1 amide bonds. The molecule has 1 saturated carbocycles. The number of ether oxygens (including phenoxy) is 1. The minimum absolute atomic E-state index is 0.0108. The van der Waals surface area contributed by atoms with Crippen LogP contribution in [0.25, 0.3) is 0 Å². The Morgan fingerprint density at radius 2 is 2.16 bits per heavy atom. The van der Waals surface area contributed by atoms with Crippen molar-refractivity contribution in [2.75, 3.05) is 13.7 Å². The van der Waals surface area contributed by atoms with Gasteiger partial charge in [-0.2, -0.15) is 0 Å². The van der Waals surface area contributed by atoms with E-state index in [0.29, 0.717) is 18.2 Å². The lowest BCUT2D eigenvalue weighted by molar-refractivity contribution is -0.132. The van der Waals surface area contributed by atoms with E-state index in [9.17, 15) is 9.90 Å². The van der Waals surface area contributed by atoms with E-state index in [1.807, 2.05) is 32.2 Å². The maximum atomic E-state index is 11.9. The highest BCUT2D eigenvalue weighted by Crippen LogP contribution is 2.28. The number of nitrogens with zero attached hydrogens (tertiary/aromatic N) is 1. The van der Waals surface area contributed by atoms with Gasteiger partial charge in [-0.05, 0) is 25.3 Å². The van der Waals surface area contributed by atoms with Crippen LogP contribution in [0.2, 0.25) is 0 Å². The fourth-order valence-electron chi connectivity index (χ4n) is 2.01. The first-order chi connectivity index (χ1) is 9.13. The van der Waals surface area contributed by atoms with Crippen LogP contribution in [0.3, 0.4) is 0 Å². The first-order valence-electron chi connectivity index (χ1n) is 6.79. The van der Waals surface area contributed by atoms with Crippen molar-refractivity contribution in [1.29, 1.82) is 0 Å². The molecule has 1 aromatic rings. The summed E-state index contributed by atoms with van der Waals surface area (Å²) in [5.74, 6) is 0.581. The van der Waals surface area contributed by atoms with Crippen LogP contribution in [-0.2, 0) is 4.79 Å². The third-order valence-corrected chi connectivity index (χ3v) is 3.50. The maximum absolute atomic E-state index is 11.9. The number of para-hydroxylation sites is 1. The summed E-state index contributed by atoms with van der Waals surface area (Å²) in [6.07, 6.45) is 2.25. The Hall–Kier alpha value is -1.55. The van der Waals surface area contributed by atoms with Crippen molar-refractivity contribution in [3.05, 3.63) is 29.8 Å². The van der Waals surface area contributed by atoms with Crippen molar-refractivity contribution in [3.63, 3.8) is 0 Å². The van der Waals surface area contributed by atoms with Gasteiger partial charge in [-0.15, -0.1) is 0 Å². The third kappa shape index (κ3) is 3.47. The van der Waals surface area contributed by atoms with Gasteiger partial charge in [0.2, 0.25) is 0 Å². The number of carbonyl (C=O) groups excluding carboxylic acids is 1. The number of hydrogen-bond acceptors (Lipinski definition) is 3. The summed E-state index contributed by atoms with van der Waals surface area (Å²) in [5.41, 5.74) is 0.742. The van der Waals surface area contributed by atoms with E-state index in [1.54, 1.807) is 11.0 Å². The average Bonchev–Trinajstić information content (AvgIpc) is 3.28. The molecule has 0 aliphatic heterocycles. The predicted molar refractivity (Wildman–Crippen MR) is 73.0 cm³/mol. The molecule has 0 bridgehead atoms. The van der Waals surface area contributed by atoms with Gasteiger partial charge >= 0.3 is 0 Å². The van der Waals surface area contributed by atoms with Crippen LogP contribution in [0.1, 0.15) is 37.9 Å². The molecule has 4 nitrogen and oxygen atoms in total. The van der Waals surface area contributed by atoms with Crippen molar-refractivity contribution >= 4 is 5.91 Å². The van der Waals surface area contributed by atoms with E-state index in [2.05, 4.69) is 0 Å².